The molecule has 1 aliphatic rings. The Hall–Kier alpha value is -1.30. The molecule has 1 heterocycles. The SMILES string of the molecule is COc1cccc(OC)c1C(CCC1CCCCO1)NN. The monoisotopic (exact) mass is 294 g/mol. The minimum Gasteiger partial charge on any atom is -0.496 e. The summed E-state index contributed by atoms with van der Waals surface area (Å²) in [4.78, 5) is 0. The summed E-state index contributed by atoms with van der Waals surface area (Å²) >= 11 is 0. The van der Waals surface area contributed by atoms with Crippen molar-refractivity contribution in [2.75, 3.05) is 20.8 Å². The van der Waals surface area contributed by atoms with E-state index >= 15 is 0 Å². The summed E-state index contributed by atoms with van der Waals surface area (Å²) in [5.74, 6) is 7.35. The van der Waals surface area contributed by atoms with E-state index in [-0.39, 0.29) is 6.04 Å². The molecule has 2 atom stereocenters. The van der Waals surface area contributed by atoms with E-state index in [0.29, 0.717) is 6.10 Å². The van der Waals surface area contributed by atoms with E-state index in [1.54, 1.807) is 14.2 Å². The van der Waals surface area contributed by atoms with Gasteiger partial charge in [0.05, 0.1) is 31.9 Å². The Morgan fingerprint density at radius 2 is 2.00 bits per heavy atom. The second-order valence-electron chi connectivity index (χ2n) is 5.36. The zero-order chi connectivity index (χ0) is 15.1. The van der Waals surface area contributed by atoms with Crippen molar-refractivity contribution in [3.8, 4) is 11.5 Å². The minimum absolute atomic E-state index is 0.0124. The molecule has 2 unspecified atom stereocenters. The highest BCUT2D eigenvalue weighted by Crippen LogP contribution is 2.36. The molecule has 0 amide bonds. The molecule has 0 spiro atoms. The lowest BCUT2D eigenvalue weighted by Crippen LogP contribution is -2.30. The summed E-state index contributed by atoms with van der Waals surface area (Å²) in [6.07, 6.45) is 5.78. The molecule has 1 aliphatic heterocycles. The van der Waals surface area contributed by atoms with Crippen LogP contribution in [0.15, 0.2) is 18.2 Å². The van der Waals surface area contributed by atoms with Crippen LogP contribution in [0.1, 0.15) is 43.7 Å². The molecule has 3 N–H and O–H groups in total. The fourth-order valence-electron chi connectivity index (χ4n) is 2.92. The van der Waals surface area contributed by atoms with E-state index in [9.17, 15) is 0 Å². The average molecular weight is 294 g/mol. The number of rotatable bonds is 7. The number of hydrogen-bond acceptors (Lipinski definition) is 5. The van der Waals surface area contributed by atoms with Crippen molar-refractivity contribution in [2.45, 2.75) is 44.2 Å². The lowest BCUT2D eigenvalue weighted by molar-refractivity contribution is 0.00847. The second kappa shape index (κ2) is 8.22. The molecule has 1 aromatic rings. The van der Waals surface area contributed by atoms with Crippen LogP contribution in [0.2, 0.25) is 0 Å². The first-order chi connectivity index (χ1) is 10.3. The van der Waals surface area contributed by atoms with Crippen molar-refractivity contribution in [3.05, 3.63) is 23.8 Å². The first-order valence-electron chi connectivity index (χ1n) is 7.58. The van der Waals surface area contributed by atoms with Crippen LogP contribution in [0.5, 0.6) is 11.5 Å². The van der Waals surface area contributed by atoms with Crippen LogP contribution in [0.25, 0.3) is 0 Å². The van der Waals surface area contributed by atoms with E-state index in [1.165, 1.54) is 12.8 Å². The normalized spacial score (nSPS) is 20.0. The second-order valence-corrected chi connectivity index (χ2v) is 5.36. The summed E-state index contributed by atoms with van der Waals surface area (Å²) < 4.78 is 16.7. The van der Waals surface area contributed by atoms with Crippen molar-refractivity contribution in [3.63, 3.8) is 0 Å². The number of nitrogens with two attached hydrogens (primary N) is 1. The Morgan fingerprint density at radius 1 is 1.29 bits per heavy atom. The summed E-state index contributed by atoms with van der Waals surface area (Å²) in [6.45, 7) is 0.878. The largest absolute Gasteiger partial charge is 0.496 e. The number of ether oxygens (including phenoxy) is 3. The molecule has 1 saturated heterocycles. The molecule has 0 radical (unpaired) electrons. The topological polar surface area (TPSA) is 65.7 Å². The molecule has 5 nitrogen and oxygen atoms in total. The highest BCUT2D eigenvalue weighted by Gasteiger charge is 2.22. The van der Waals surface area contributed by atoms with Crippen molar-refractivity contribution in [2.24, 2.45) is 5.84 Å². The standard InChI is InChI=1S/C16H26N2O3/c1-19-14-7-5-8-15(20-2)16(14)13(18-17)10-9-12-6-3-4-11-21-12/h5,7-8,12-13,18H,3-4,6,9-11,17H2,1-2H3. The van der Waals surface area contributed by atoms with E-state index in [1.807, 2.05) is 18.2 Å². The molecule has 0 aliphatic carbocycles. The van der Waals surface area contributed by atoms with Gasteiger partial charge in [-0.1, -0.05) is 6.07 Å². The third kappa shape index (κ3) is 4.09. The molecule has 1 aromatic carbocycles. The first kappa shape index (κ1) is 16.1. The maximum atomic E-state index is 5.79. The van der Waals surface area contributed by atoms with Crippen LogP contribution < -0.4 is 20.7 Å². The Balaban J connectivity index is 2.08. The summed E-state index contributed by atoms with van der Waals surface area (Å²) in [5.41, 5.74) is 3.86. The van der Waals surface area contributed by atoms with Gasteiger partial charge >= 0.3 is 0 Å². The summed E-state index contributed by atoms with van der Waals surface area (Å²) in [5, 5.41) is 0. The number of methoxy groups -OCH3 is 2. The van der Waals surface area contributed by atoms with E-state index in [0.717, 1.165) is 42.9 Å². The molecule has 118 valence electrons. The number of hydrogen-bond donors (Lipinski definition) is 2. The zero-order valence-corrected chi connectivity index (χ0v) is 12.9. The summed E-state index contributed by atoms with van der Waals surface area (Å²) in [7, 11) is 3.33. The van der Waals surface area contributed by atoms with Gasteiger partial charge < -0.3 is 14.2 Å². The van der Waals surface area contributed by atoms with Crippen molar-refractivity contribution in [1.82, 2.24) is 5.43 Å². The number of hydrazine groups is 1. The molecule has 1 fully saturated rings. The number of nitrogens with one attached hydrogen (secondary N) is 1. The van der Waals surface area contributed by atoms with Crippen molar-refractivity contribution < 1.29 is 14.2 Å². The average Bonchev–Trinajstić information content (AvgIpc) is 2.56. The van der Waals surface area contributed by atoms with Crippen molar-refractivity contribution in [1.29, 1.82) is 0 Å². The smallest absolute Gasteiger partial charge is 0.127 e. The first-order valence-corrected chi connectivity index (χ1v) is 7.58. The molecule has 21 heavy (non-hydrogen) atoms. The van der Waals surface area contributed by atoms with Gasteiger partial charge in [0.1, 0.15) is 11.5 Å². The third-order valence-electron chi connectivity index (χ3n) is 4.07. The zero-order valence-electron chi connectivity index (χ0n) is 12.9. The van der Waals surface area contributed by atoms with Gasteiger partial charge in [0.25, 0.3) is 0 Å². The predicted molar refractivity (Wildman–Crippen MR) is 82.4 cm³/mol. The van der Waals surface area contributed by atoms with Crippen LogP contribution >= 0.6 is 0 Å². The van der Waals surface area contributed by atoms with Crippen molar-refractivity contribution >= 4 is 0 Å². The molecule has 2 rings (SSSR count). The molecular weight excluding hydrogens is 268 g/mol. The van der Waals surface area contributed by atoms with Crippen LogP contribution in [-0.2, 0) is 4.74 Å². The Bertz CT molecular complexity index is 411. The van der Waals surface area contributed by atoms with Gasteiger partial charge in [0.15, 0.2) is 0 Å². The van der Waals surface area contributed by atoms with Crippen LogP contribution in [0.4, 0.5) is 0 Å². The van der Waals surface area contributed by atoms with Gasteiger partial charge in [-0.3, -0.25) is 11.3 Å². The van der Waals surface area contributed by atoms with Gasteiger partial charge in [-0.2, -0.15) is 0 Å². The van der Waals surface area contributed by atoms with Crippen LogP contribution in [0.3, 0.4) is 0 Å². The Kier molecular flexibility index (Phi) is 6.29. The van der Waals surface area contributed by atoms with Gasteiger partial charge in [0.2, 0.25) is 0 Å². The third-order valence-corrected chi connectivity index (χ3v) is 4.07. The Labute approximate surface area is 126 Å². The fraction of sp³-hybridized carbons (Fsp3) is 0.625. The molecule has 0 saturated carbocycles. The fourth-order valence-corrected chi connectivity index (χ4v) is 2.92. The molecule has 0 bridgehead atoms. The van der Waals surface area contributed by atoms with Gasteiger partial charge in [0, 0.05) is 6.61 Å². The quantitative estimate of drug-likeness (QED) is 0.597. The highest BCUT2D eigenvalue weighted by atomic mass is 16.5. The molecule has 0 aromatic heterocycles. The van der Waals surface area contributed by atoms with E-state index < -0.39 is 0 Å². The predicted octanol–water partition coefficient (Wildman–Crippen LogP) is 2.56. The van der Waals surface area contributed by atoms with Gasteiger partial charge in [-0.05, 0) is 44.2 Å². The maximum absolute atomic E-state index is 5.79. The number of benzene rings is 1. The van der Waals surface area contributed by atoms with Gasteiger partial charge in [-0.15, -0.1) is 0 Å². The molecule has 5 heteroatoms. The maximum Gasteiger partial charge on any atom is 0.127 e. The van der Waals surface area contributed by atoms with Crippen LogP contribution in [0, 0.1) is 0 Å². The van der Waals surface area contributed by atoms with E-state index in [4.69, 9.17) is 20.1 Å². The summed E-state index contributed by atoms with van der Waals surface area (Å²) in [6, 6.07) is 5.76. The Morgan fingerprint density at radius 3 is 2.52 bits per heavy atom. The lowest BCUT2D eigenvalue weighted by Gasteiger charge is -2.26. The van der Waals surface area contributed by atoms with Gasteiger partial charge in [-0.25, -0.2) is 0 Å². The molecular formula is C16H26N2O3. The highest BCUT2D eigenvalue weighted by molar-refractivity contribution is 5.46. The van der Waals surface area contributed by atoms with Crippen LogP contribution in [-0.4, -0.2) is 26.9 Å². The minimum atomic E-state index is -0.0124. The lowest BCUT2D eigenvalue weighted by atomic mass is 9.96. The van der Waals surface area contributed by atoms with E-state index in [2.05, 4.69) is 5.43 Å².